The predicted molar refractivity (Wildman–Crippen MR) is 126 cm³/mol. The molecule has 0 saturated carbocycles. The number of carbonyl (C=O) groups excluding carboxylic acids is 3. The highest BCUT2D eigenvalue weighted by Gasteiger charge is 2.30. The Morgan fingerprint density at radius 3 is 2.51 bits per heavy atom. The first kappa shape index (κ1) is 23.9. The summed E-state index contributed by atoms with van der Waals surface area (Å²) in [5.41, 5.74) is 2.49. The number of aromatic nitrogens is 3. The Morgan fingerprint density at radius 1 is 1.00 bits per heavy atom. The quantitative estimate of drug-likeness (QED) is 0.482. The average molecular weight is 478 g/mol. The Hall–Kier alpha value is -4.21. The summed E-state index contributed by atoms with van der Waals surface area (Å²) in [7, 11) is 0. The number of benzene rings is 2. The molecule has 1 aliphatic rings. The van der Waals surface area contributed by atoms with E-state index in [0.29, 0.717) is 49.3 Å². The molecule has 0 N–H and O–H groups in total. The lowest BCUT2D eigenvalue weighted by molar-refractivity contribution is -0.129. The standard InChI is InChI=1S/C25H27N5O5/c1-19-9-12-28(25(33)35-17-20-5-3-2-4-6-20)13-14-29(19)24(32)22-15-21(16-34-18-31)7-8-23(22)30-26-10-11-27-30/h2-8,10-11,15,18-19H,9,12-14,16-17H2,1H3/t19-/m1/s1. The van der Waals surface area contributed by atoms with Gasteiger partial charge in [-0.2, -0.15) is 15.0 Å². The van der Waals surface area contributed by atoms with Gasteiger partial charge in [-0.05, 0) is 36.6 Å². The zero-order valence-corrected chi connectivity index (χ0v) is 19.4. The summed E-state index contributed by atoms with van der Waals surface area (Å²) < 4.78 is 10.3. The van der Waals surface area contributed by atoms with Crippen molar-refractivity contribution in [2.24, 2.45) is 0 Å². The number of amides is 2. The third-order valence-electron chi connectivity index (χ3n) is 5.93. The summed E-state index contributed by atoms with van der Waals surface area (Å²) in [6.45, 7) is 3.76. The van der Waals surface area contributed by atoms with Gasteiger partial charge in [0.2, 0.25) is 0 Å². The summed E-state index contributed by atoms with van der Waals surface area (Å²) in [6.07, 6.45) is 3.27. The van der Waals surface area contributed by atoms with Crippen LogP contribution < -0.4 is 0 Å². The Morgan fingerprint density at radius 2 is 1.77 bits per heavy atom. The Labute approximate surface area is 203 Å². The zero-order chi connectivity index (χ0) is 24.6. The SMILES string of the molecule is C[C@@H]1CCN(C(=O)OCc2ccccc2)CCN1C(=O)c1cc(COC=O)ccc1-n1nccn1. The first-order valence-corrected chi connectivity index (χ1v) is 11.4. The van der Waals surface area contributed by atoms with Crippen molar-refractivity contribution in [3.05, 3.63) is 77.6 Å². The maximum Gasteiger partial charge on any atom is 0.410 e. The van der Waals surface area contributed by atoms with E-state index < -0.39 is 6.09 Å². The third kappa shape index (κ3) is 5.84. The third-order valence-corrected chi connectivity index (χ3v) is 5.93. The minimum Gasteiger partial charge on any atom is -0.463 e. The van der Waals surface area contributed by atoms with Gasteiger partial charge in [0.05, 0.1) is 23.6 Å². The van der Waals surface area contributed by atoms with Crippen molar-refractivity contribution in [1.82, 2.24) is 24.8 Å². The fourth-order valence-electron chi connectivity index (χ4n) is 4.00. The van der Waals surface area contributed by atoms with Crippen molar-refractivity contribution in [3.63, 3.8) is 0 Å². The monoisotopic (exact) mass is 477 g/mol. The van der Waals surface area contributed by atoms with E-state index in [1.165, 1.54) is 17.2 Å². The summed E-state index contributed by atoms with van der Waals surface area (Å²) in [5.74, 6) is -0.211. The molecule has 3 aromatic rings. The van der Waals surface area contributed by atoms with Crippen LogP contribution in [0.4, 0.5) is 4.79 Å². The van der Waals surface area contributed by atoms with Gasteiger partial charge in [0.15, 0.2) is 0 Å². The minimum absolute atomic E-state index is 0.0488. The van der Waals surface area contributed by atoms with Crippen LogP contribution in [0.1, 0.15) is 34.8 Å². The zero-order valence-electron chi connectivity index (χ0n) is 19.4. The van der Waals surface area contributed by atoms with E-state index in [0.717, 1.165) is 5.56 Å². The van der Waals surface area contributed by atoms with Gasteiger partial charge < -0.3 is 19.3 Å². The van der Waals surface area contributed by atoms with E-state index >= 15 is 0 Å². The van der Waals surface area contributed by atoms with E-state index in [9.17, 15) is 14.4 Å². The van der Waals surface area contributed by atoms with Gasteiger partial charge in [0.1, 0.15) is 13.2 Å². The van der Waals surface area contributed by atoms with E-state index in [1.54, 1.807) is 28.0 Å². The molecule has 4 rings (SSSR count). The topological polar surface area (TPSA) is 107 Å². The molecule has 2 amide bonds. The summed E-state index contributed by atoms with van der Waals surface area (Å²) in [4.78, 5) is 41.8. The molecule has 1 fully saturated rings. The molecule has 0 unspecified atom stereocenters. The smallest absolute Gasteiger partial charge is 0.410 e. The Kier molecular flexibility index (Phi) is 7.71. The van der Waals surface area contributed by atoms with E-state index in [1.807, 2.05) is 37.3 Å². The fourth-order valence-corrected chi connectivity index (χ4v) is 4.00. The molecule has 0 bridgehead atoms. The molecule has 2 aromatic carbocycles. The summed E-state index contributed by atoms with van der Waals surface area (Å²) in [6, 6.07) is 14.6. The van der Waals surface area contributed by atoms with Crippen LogP contribution in [0.25, 0.3) is 5.69 Å². The van der Waals surface area contributed by atoms with Crippen LogP contribution in [0.15, 0.2) is 60.9 Å². The Balaban J connectivity index is 1.49. The van der Waals surface area contributed by atoms with Crippen LogP contribution in [0.2, 0.25) is 0 Å². The van der Waals surface area contributed by atoms with Crippen LogP contribution in [0.5, 0.6) is 0 Å². The molecule has 2 heterocycles. The lowest BCUT2D eigenvalue weighted by Crippen LogP contribution is -2.41. The highest BCUT2D eigenvalue weighted by Crippen LogP contribution is 2.22. The van der Waals surface area contributed by atoms with Crippen molar-refractivity contribution in [1.29, 1.82) is 0 Å². The molecule has 1 atom stereocenters. The van der Waals surface area contributed by atoms with Crippen molar-refractivity contribution < 1.29 is 23.9 Å². The number of ether oxygens (including phenoxy) is 2. The second-order valence-electron chi connectivity index (χ2n) is 8.24. The molecule has 0 radical (unpaired) electrons. The average Bonchev–Trinajstić information content (AvgIpc) is 3.35. The van der Waals surface area contributed by atoms with Crippen LogP contribution in [-0.2, 0) is 27.5 Å². The van der Waals surface area contributed by atoms with Gasteiger partial charge in [-0.1, -0.05) is 36.4 Å². The first-order chi connectivity index (χ1) is 17.1. The van der Waals surface area contributed by atoms with Crippen molar-refractivity contribution >= 4 is 18.5 Å². The van der Waals surface area contributed by atoms with Crippen LogP contribution in [-0.4, -0.2) is 68.9 Å². The predicted octanol–water partition coefficient (Wildman–Crippen LogP) is 2.81. The molecule has 1 aliphatic heterocycles. The van der Waals surface area contributed by atoms with Crippen LogP contribution in [0, 0.1) is 0 Å². The lowest BCUT2D eigenvalue weighted by Gasteiger charge is -2.27. The normalized spacial score (nSPS) is 15.9. The molecule has 35 heavy (non-hydrogen) atoms. The van der Waals surface area contributed by atoms with Crippen LogP contribution in [0.3, 0.4) is 0 Å². The number of nitrogens with zero attached hydrogens (tertiary/aromatic N) is 5. The van der Waals surface area contributed by atoms with Crippen LogP contribution >= 0.6 is 0 Å². The Bertz CT molecular complexity index is 1150. The molecule has 1 saturated heterocycles. The van der Waals surface area contributed by atoms with E-state index in [-0.39, 0.29) is 25.2 Å². The maximum absolute atomic E-state index is 13.7. The maximum atomic E-state index is 13.7. The largest absolute Gasteiger partial charge is 0.463 e. The summed E-state index contributed by atoms with van der Waals surface area (Å²) in [5, 5.41) is 8.33. The summed E-state index contributed by atoms with van der Waals surface area (Å²) >= 11 is 0. The minimum atomic E-state index is -0.398. The second-order valence-corrected chi connectivity index (χ2v) is 8.24. The van der Waals surface area contributed by atoms with Gasteiger partial charge in [-0.3, -0.25) is 9.59 Å². The lowest BCUT2D eigenvalue weighted by atomic mass is 10.1. The number of hydrogen-bond acceptors (Lipinski definition) is 7. The number of hydrogen-bond donors (Lipinski definition) is 0. The molecule has 10 nitrogen and oxygen atoms in total. The molecular weight excluding hydrogens is 450 g/mol. The van der Waals surface area contributed by atoms with Gasteiger partial charge in [0.25, 0.3) is 12.4 Å². The van der Waals surface area contributed by atoms with Gasteiger partial charge in [-0.25, -0.2) is 4.79 Å². The molecular formula is C25H27N5O5. The van der Waals surface area contributed by atoms with Crippen molar-refractivity contribution in [2.45, 2.75) is 32.6 Å². The number of carbonyl (C=O) groups is 3. The van der Waals surface area contributed by atoms with Crippen molar-refractivity contribution in [2.75, 3.05) is 19.6 Å². The second kappa shape index (κ2) is 11.3. The molecule has 1 aromatic heterocycles. The van der Waals surface area contributed by atoms with E-state index in [4.69, 9.17) is 9.47 Å². The molecule has 10 heteroatoms. The van der Waals surface area contributed by atoms with E-state index in [2.05, 4.69) is 10.2 Å². The molecule has 0 aliphatic carbocycles. The molecule has 0 spiro atoms. The molecule has 182 valence electrons. The van der Waals surface area contributed by atoms with Gasteiger partial charge >= 0.3 is 6.09 Å². The highest BCUT2D eigenvalue weighted by molar-refractivity contribution is 5.98. The van der Waals surface area contributed by atoms with Crippen molar-refractivity contribution in [3.8, 4) is 5.69 Å². The fraction of sp³-hybridized carbons (Fsp3) is 0.320. The van der Waals surface area contributed by atoms with Gasteiger partial charge in [0, 0.05) is 25.7 Å². The number of rotatable bonds is 7. The highest BCUT2D eigenvalue weighted by atomic mass is 16.6. The first-order valence-electron chi connectivity index (χ1n) is 11.4. The van der Waals surface area contributed by atoms with Gasteiger partial charge in [-0.15, -0.1) is 0 Å².